The van der Waals surface area contributed by atoms with Crippen LogP contribution in [0.25, 0.3) is 17.0 Å². The molecule has 1 amide bonds. The highest BCUT2D eigenvalue weighted by Crippen LogP contribution is 2.23. The van der Waals surface area contributed by atoms with Crippen LogP contribution in [0.1, 0.15) is 12.0 Å². The number of anilines is 1. The summed E-state index contributed by atoms with van der Waals surface area (Å²) in [5.74, 6) is -0.640. The van der Waals surface area contributed by atoms with E-state index in [4.69, 9.17) is 5.26 Å². The molecule has 0 radical (unpaired) electrons. The van der Waals surface area contributed by atoms with Gasteiger partial charge < -0.3 is 9.88 Å². The summed E-state index contributed by atoms with van der Waals surface area (Å²) in [5.41, 5.74) is 2.46. The van der Waals surface area contributed by atoms with Crippen molar-refractivity contribution in [3.8, 4) is 6.07 Å². The predicted molar refractivity (Wildman–Crippen MR) is 96.2 cm³/mol. The Morgan fingerprint density at radius 1 is 1.20 bits per heavy atom. The Labute approximate surface area is 144 Å². The van der Waals surface area contributed by atoms with E-state index in [2.05, 4.69) is 11.4 Å². The van der Waals surface area contributed by atoms with Crippen molar-refractivity contribution in [2.75, 3.05) is 5.32 Å². The van der Waals surface area contributed by atoms with Gasteiger partial charge in [0.2, 0.25) is 5.91 Å². The standard InChI is InChI=1S/C20H16FN3O/c21-16-7-9-17(10-8-16)23-20(25)11-6-15-14-24(13-3-12-22)19-5-2-1-4-18(15)19/h1-2,4-11,14H,3,13H2,(H,23,25)/b11-6+. The summed E-state index contributed by atoms with van der Waals surface area (Å²) >= 11 is 0. The SMILES string of the molecule is N#CCCn1cc(/C=C/C(=O)Nc2ccc(F)cc2)c2ccccc21. The number of carbonyl (C=O) groups is 1. The van der Waals surface area contributed by atoms with E-state index in [0.29, 0.717) is 18.7 Å². The number of carbonyl (C=O) groups excluding carboxylic acids is 1. The van der Waals surface area contributed by atoms with Gasteiger partial charge in [0.15, 0.2) is 0 Å². The topological polar surface area (TPSA) is 57.8 Å². The molecule has 0 unspecified atom stereocenters. The van der Waals surface area contributed by atoms with E-state index < -0.39 is 0 Å². The van der Waals surface area contributed by atoms with Crippen molar-refractivity contribution in [3.05, 3.63) is 72.2 Å². The molecule has 0 saturated carbocycles. The van der Waals surface area contributed by atoms with Crippen LogP contribution in [-0.2, 0) is 11.3 Å². The number of aryl methyl sites for hydroxylation is 1. The first-order valence-electron chi connectivity index (χ1n) is 7.87. The number of nitriles is 1. The largest absolute Gasteiger partial charge is 0.346 e. The highest BCUT2D eigenvalue weighted by molar-refractivity contribution is 6.03. The third kappa shape index (κ3) is 3.93. The Morgan fingerprint density at radius 3 is 2.72 bits per heavy atom. The van der Waals surface area contributed by atoms with Gasteiger partial charge in [0.25, 0.3) is 0 Å². The molecule has 0 spiro atoms. The van der Waals surface area contributed by atoms with Gasteiger partial charge in [-0.05, 0) is 36.4 Å². The number of benzene rings is 2. The van der Waals surface area contributed by atoms with Gasteiger partial charge >= 0.3 is 0 Å². The molecule has 0 aliphatic carbocycles. The molecule has 124 valence electrons. The minimum absolute atomic E-state index is 0.291. The molecular weight excluding hydrogens is 317 g/mol. The van der Waals surface area contributed by atoms with Gasteiger partial charge in [0.1, 0.15) is 5.82 Å². The third-order valence-electron chi connectivity index (χ3n) is 3.81. The van der Waals surface area contributed by atoms with Gasteiger partial charge in [0.05, 0.1) is 12.5 Å². The quantitative estimate of drug-likeness (QED) is 0.706. The molecule has 1 heterocycles. The summed E-state index contributed by atoms with van der Waals surface area (Å²) in [6, 6.07) is 15.6. The average molecular weight is 333 g/mol. The number of hydrogen-bond donors (Lipinski definition) is 1. The highest BCUT2D eigenvalue weighted by atomic mass is 19.1. The normalized spacial score (nSPS) is 10.9. The minimum atomic E-state index is -0.348. The average Bonchev–Trinajstić information content (AvgIpc) is 2.98. The maximum Gasteiger partial charge on any atom is 0.248 e. The van der Waals surface area contributed by atoms with Gasteiger partial charge in [0, 0.05) is 41.0 Å². The second-order valence-corrected chi connectivity index (χ2v) is 5.53. The molecule has 0 bridgehead atoms. The lowest BCUT2D eigenvalue weighted by molar-refractivity contribution is -0.111. The van der Waals surface area contributed by atoms with E-state index >= 15 is 0 Å². The Kier molecular flexibility index (Phi) is 4.91. The smallest absolute Gasteiger partial charge is 0.248 e. The minimum Gasteiger partial charge on any atom is -0.346 e. The lowest BCUT2D eigenvalue weighted by atomic mass is 10.1. The molecule has 2 aromatic carbocycles. The summed E-state index contributed by atoms with van der Waals surface area (Å²) in [4.78, 5) is 12.0. The van der Waals surface area contributed by atoms with E-state index in [9.17, 15) is 9.18 Å². The maximum atomic E-state index is 12.9. The fourth-order valence-corrected chi connectivity index (χ4v) is 2.65. The number of rotatable bonds is 5. The van der Waals surface area contributed by atoms with Crippen molar-refractivity contribution in [1.29, 1.82) is 5.26 Å². The lowest BCUT2D eigenvalue weighted by Gasteiger charge is -2.01. The molecule has 0 fully saturated rings. The molecule has 3 aromatic rings. The van der Waals surface area contributed by atoms with Crippen molar-refractivity contribution in [3.63, 3.8) is 0 Å². The van der Waals surface area contributed by atoms with Crippen LogP contribution in [0.4, 0.5) is 10.1 Å². The van der Waals surface area contributed by atoms with Crippen molar-refractivity contribution in [1.82, 2.24) is 4.57 Å². The van der Waals surface area contributed by atoms with Crippen LogP contribution in [0.3, 0.4) is 0 Å². The number of hydrogen-bond acceptors (Lipinski definition) is 2. The van der Waals surface area contributed by atoms with E-state index in [0.717, 1.165) is 16.5 Å². The summed E-state index contributed by atoms with van der Waals surface area (Å²) in [6.45, 7) is 0.604. The third-order valence-corrected chi connectivity index (χ3v) is 3.81. The first-order valence-corrected chi connectivity index (χ1v) is 7.87. The van der Waals surface area contributed by atoms with Crippen LogP contribution in [0, 0.1) is 17.1 Å². The molecular formula is C20H16FN3O. The Balaban J connectivity index is 1.79. The van der Waals surface area contributed by atoms with Crippen LogP contribution < -0.4 is 5.32 Å². The summed E-state index contributed by atoms with van der Waals surface area (Å²) < 4.78 is 14.9. The maximum absolute atomic E-state index is 12.9. The molecule has 0 atom stereocenters. The van der Waals surface area contributed by atoms with Gasteiger partial charge in [-0.25, -0.2) is 4.39 Å². The fraction of sp³-hybridized carbons (Fsp3) is 0.100. The number of para-hydroxylation sites is 1. The first-order chi connectivity index (χ1) is 12.2. The molecule has 1 aromatic heterocycles. The fourth-order valence-electron chi connectivity index (χ4n) is 2.65. The zero-order chi connectivity index (χ0) is 17.6. The molecule has 4 nitrogen and oxygen atoms in total. The Morgan fingerprint density at radius 2 is 1.96 bits per heavy atom. The van der Waals surface area contributed by atoms with Crippen LogP contribution in [0.2, 0.25) is 0 Å². The van der Waals surface area contributed by atoms with Gasteiger partial charge in [-0.2, -0.15) is 5.26 Å². The summed E-state index contributed by atoms with van der Waals surface area (Å²) in [7, 11) is 0. The second kappa shape index (κ2) is 7.45. The van der Waals surface area contributed by atoms with Crippen LogP contribution in [0.5, 0.6) is 0 Å². The number of amides is 1. The van der Waals surface area contributed by atoms with Gasteiger partial charge in [-0.15, -0.1) is 0 Å². The van der Waals surface area contributed by atoms with Crippen molar-refractivity contribution in [2.24, 2.45) is 0 Å². The summed E-state index contributed by atoms with van der Waals surface area (Å²) in [6.07, 6.45) is 5.54. The van der Waals surface area contributed by atoms with E-state index in [-0.39, 0.29) is 11.7 Å². The molecule has 0 aliphatic heterocycles. The summed E-state index contributed by atoms with van der Waals surface area (Å²) in [5, 5.41) is 12.5. The zero-order valence-electron chi connectivity index (χ0n) is 13.4. The highest BCUT2D eigenvalue weighted by Gasteiger charge is 2.06. The molecule has 1 N–H and O–H groups in total. The zero-order valence-corrected chi connectivity index (χ0v) is 13.4. The van der Waals surface area contributed by atoms with E-state index in [1.54, 1.807) is 6.08 Å². The van der Waals surface area contributed by atoms with Crippen LogP contribution >= 0.6 is 0 Å². The number of fused-ring (bicyclic) bond motifs is 1. The molecule has 3 rings (SSSR count). The molecule has 25 heavy (non-hydrogen) atoms. The van der Waals surface area contributed by atoms with Crippen molar-refractivity contribution in [2.45, 2.75) is 13.0 Å². The first kappa shape index (κ1) is 16.5. The van der Waals surface area contributed by atoms with E-state index in [1.807, 2.05) is 35.0 Å². The number of halogens is 1. The van der Waals surface area contributed by atoms with Crippen molar-refractivity contribution >= 4 is 28.6 Å². The molecule has 0 aliphatic rings. The predicted octanol–water partition coefficient (Wildman–Crippen LogP) is 4.35. The lowest BCUT2D eigenvalue weighted by Crippen LogP contribution is -2.07. The monoisotopic (exact) mass is 333 g/mol. The van der Waals surface area contributed by atoms with E-state index in [1.165, 1.54) is 30.3 Å². The van der Waals surface area contributed by atoms with Crippen molar-refractivity contribution < 1.29 is 9.18 Å². The van der Waals surface area contributed by atoms with Crippen LogP contribution in [-0.4, -0.2) is 10.5 Å². The van der Waals surface area contributed by atoms with Gasteiger partial charge in [-0.3, -0.25) is 4.79 Å². The Bertz CT molecular complexity index is 965. The molecule has 0 saturated heterocycles. The van der Waals surface area contributed by atoms with Gasteiger partial charge in [-0.1, -0.05) is 18.2 Å². The Hall–Kier alpha value is -3.39. The second-order valence-electron chi connectivity index (χ2n) is 5.53. The molecule has 5 heteroatoms. The number of nitrogens with zero attached hydrogens (tertiary/aromatic N) is 2. The number of aromatic nitrogens is 1. The van der Waals surface area contributed by atoms with Crippen LogP contribution in [0.15, 0.2) is 60.8 Å². The number of nitrogens with one attached hydrogen (secondary N) is 1.